The van der Waals surface area contributed by atoms with E-state index in [0.717, 1.165) is 81.1 Å². The molecule has 0 spiro atoms. The second-order valence-electron chi connectivity index (χ2n) is 15.3. The van der Waals surface area contributed by atoms with Gasteiger partial charge in [0.1, 0.15) is 11.9 Å². The summed E-state index contributed by atoms with van der Waals surface area (Å²) >= 11 is 0. The van der Waals surface area contributed by atoms with Crippen LogP contribution in [0.25, 0.3) is 10.8 Å². The predicted octanol–water partition coefficient (Wildman–Crippen LogP) is 10.1. The van der Waals surface area contributed by atoms with E-state index in [1.54, 1.807) is 13.0 Å². The first-order valence-electron chi connectivity index (χ1n) is 18.7. The Morgan fingerprint density at radius 1 is 0.979 bits per heavy atom. The fraction of sp³-hybridized carbons (Fsp3) is 0.595. The summed E-state index contributed by atoms with van der Waals surface area (Å²) in [5.74, 6) is 1.03. The molecule has 0 saturated heterocycles. The fourth-order valence-electron chi connectivity index (χ4n) is 10.1. The number of phenols is 1. The number of alkyl halides is 1. The van der Waals surface area contributed by atoms with E-state index < -0.39 is 12.3 Å². The van der Waals surface area contributed by atoms with Gasteiger partial charge in [-0.2, -0.15) is 0 Å². The zero-order chi connectivity index (χ0) is 33.1. The average molecular weight is 642 g/mol. The van der Waals surface area contributed by atoms with E-state index in [0.29, 0.717) is 18.3 Å². The minimum atomic E-state index is -0.984. The van der Waals surface area contributed by atoms with E-state index in [2.05, 4.69) is 50.2 Å². The number of fused-ring (bicyclic) bond motifs is 6. The molecule has 0 bridgehead atoms. The van der Waals surface area contributed by atoms with Gasteiger partial charge in [-0.1, -0.05) is 88.8 Å². The van der Waals surface area contributed by atoms with Gasteiger partial charge in [-0.05, 0) is 120 Å². The molecule has 3 aromatic carbocycles. The number of hydrogen-bond acceptors (Lipinski definition) is 3. The molecule has 5 heteroatoms. The Morgan fingerprint density at radius 3 is 2.57 bits per heavy atom. The van der Waals surface area contributed by atoms with Crippen molar-refractivity contribution in [2.45, 2.75) is 129 Å². The zero-order valence-electron chi connectivity index (χ0n) is 28.9. The SMILES string of the molecule is CCCCCCCCN(C(C)=O)c1ccc2ccccc2c1CCCC[C@@H]1Cc2cc(O)ccc2[C@@H]2[C@@H]1[C@@H]1CC[C@H](O)[C@@]1(C)C[C@@H]2F. The highest BCUT2D eigenvalue weighted by Crippen LogP contribution is 2.63. The highest BCUT2D eigenvalue weighted by molar-refractivity contribution is 5.98. The molecule has 0 aliphatic heterocycles. The fourth-order valence-corrected chi connectivity index (χ4v) is 10.1. The second kappa shape index (κ2) is 14.7. The van der Waals surface area contributed by atoms with Gasteiger partial charge in [0.25, 0.3) is 0 Å². The number of anilines is 1. The van der Waals surface area contributed by atoms with Crippen LogP contribution in [-0.2, 0) is 17.6 Å². The van der Waals surface area contributed by atoms with Gasteiger partial charge >= 0.3 is 0 Å². The van der Waals surface area contributed by atoms with Crippen molar-refractivity contribution in [1.29, 1.82) is 0 Å². The van der Waals surface area contributed by atoms with E-state index >= 15 is 4.39 Å². The van der Waals surface area contributed by atoms with E-state index in [4.69, 9.17) is 0 Å². The summed E-state index contributed by atoms with van der Waals surface area (Å²) in [6.45, 7) is 6.82. The number of nitrogens with zero attached hydrogens (tertiary/aromatic N) is 1. The maximum Gasteiger partial charge on any atom is 0.223 e. The normalized spacial score (nSPS) is 28.1. The molecule has 4 nitrogen and oxygen atoms in total. The van der Waals surface area contributed by atoms with Gasteiger partial charge in [-0.3, -0.25) is 4.79 Å². The number of aliphatic hydroxyl groups is 1. The molecule has 1 amide bonds. The molecule has 2 N–H and O–H groups in total. The summed E-state index contributed by atoms with van der Waals surface area (Å²) in [5.41, 5.74) is 4.13. The lowest BCUT2D eigenvalue weighted by Crippen LogP contribution is -2.51. The number of rotatable bonds is 13. The van der Waals surface area contributed by atoms with Gasteiger partial charge in [0.15, 0.2) is 0 Å². The second-order valence-corrected chi connectivity index (χ2v) is 15.3. The molecule has 3 aliphatic rings. The summed E-state index contributed by atoms with van der Waals surface area (Å²) < 4.78 is 16.2. The molecule has 2 fully saturated rings. The summed E-state index contributed by atoms with van der Waals surface area (Å²) in [4.78, 5) is 15.0. The quantitative estimate of drug-likeness (QED) is 0.183. The monoisotopic (exact) mass is 641 g/mol. The average Bonchev–Trinajstić information content (AvgIpc) is 3.35. The number of unbranched alkanes of at least 4 members (excludes halogenated alkanes) is 6. The van der Waals surface area contributed by atoms with E-state index in [1.165, 1.54) is 42.0 Å². The third-order valence-corrected chi connectivity index (χ3v) is 12.4. The van der Waals surface area contributed by atoms with Gasteiger partial charge in [0.05, 0.1) is 6.10 Å². The van der Waals surface area contributed by atoms with Crippen LogP contribution in [0.1, 0.15) is 120 Å². The van der Waals surface area contributed by atoms with Gasteiger partial charge in [0.2, 0.25) is 5.91 Å². The number of aliphatic hydroxyl groups excluding tert-OH is 1. The van der Waals surface area contributed by atoms with E-state index in [1.807, 2.05) is 17.0 Å². The van der Waals surface area contributed by atoms with Crippen LogP contribution in [0.15, 0.2) is 54.6 Å². The first-order chi connectivity index (χ1) is 22.7. The standard InChI is InChI=1S/C42H56FNO3/c1-4-5-6-7-8-13-24-44(28(2)45)38-22-18-29-14-9-11-16-33(29)35(38)17-12-10-15-30-25-31-26-32(46)19-20-34(31)41-37(43)27-42(3)36(40(30)41)21-23-39(42)47/h9,11,14,16,18-20,22,26,30,36-37,39-41,46-47H,4-8,10,12-13,15,17,21,23-25,27H2,1-3H3/t30-,36+,37+,39+,40+,41+,42+/m1/s1. The smallest absolute Gasteiger partial charge is 0.223 e. The Hall–Kier alpha value is -2.92. The lowest BCUT2D eigenvalue weighted by atomic mass is 9.51. The molecule has 0 heterocycles. The molecule has 6 rings (SSSR count). The first kappa shape index (κ1) is 34.0. The van der Waals surface area contributed by atoms with Gasteiger partial charge in [-0.25, -0.2) is 4.39 Å². The largest absolute Gasteiger partial charge is 0.508 e. The molecular weight excluding hydrogens is 585 g/mol. The minimum Gasteiger partial charge on any atom is -0.508 e. The number of aromatic hydroxyl groups is 1. The van der Waals surface area contributed by atoms with Crippen LogP contribution < -0.4 is 4.90 Å². The summed E-state index contributed by atoms with van der Waals surface area (Å²) in [7, 11) is 0. The number of carbonyl (C=O) groups is 1. The number of amides is 1. The summed E-state index contributed by atoms with van der Waals surface area (Å²) in [5, 5.41) is 23.8. The third kappa shape index (κ3) is 6.84. The Kier molecular flexibility index (Phi) is 10.6. The molecule has 3 aromatic rings. The number of hydrogen-bond donors (Lipinski definition) is 2. The van der Waals surface area contributed by atoms with Crippen molar-refractivity contribution in [3.05, 3.63) is 71.3 Å². The van der Waals surface area contributed by atoms with Crippen molar-refractivity contribution in [2.75, 3.05) is 11.4 Å². The van der Waals surface area contributed by atoms with Crippen LogP contribution >= 0.6 is 0 Å². The molecule has 0 aromatic heterocycles. The minimum absolute atomic E-state index is 0.102. The molecule has 0 unspecified atom stereocenters. The van der Waals surface area contributed by atoms with Crippen LogP contribution in [0.4, 0.5) is 10.1 Å². The number of phenolic OH excluding ortho intramolecular Hbond substituents is 1. The molecule has 0 radical (unpaired) electrons. The van der Waals surface area contributed by atoms with Crippen molar-refractivity contribution < 1.29 is 19.4 Å². The first-order valence-corrected chi connectivity index (χ1v) is 18.7. The van der Waals surface area contributed by atoms with Crippen molar-refractivity contribution in [1.82, 2.24) is 0 Å². The van der Waals surface area contributed by atoms with Crippen LogP contribution in [0.3, 0.4) is 0 Å². The Labute approximate surface area is 281 Å². The van der Waals surface area contributed by atoms with Gasteiger partial charge in [-0.15, -0.1) is 0 Å². The van der Waals surface area contributed by atoms with Crippen LogP contribution in [-0.4, -0.2) is 34.9 Å². The van der Waals surface area contributed by atoms with Crippen molar-refractivity contribution in [3.8, 4) is 5.75 Å². The summed E-state index contributed by atoms with van der Waals surface area (Å²) in [6, 6.07) is 18.4. The van der Waals surface area contributed by atoms with Crippen molar-refractivity contribution in [2.24, 2.45) is 23.2 Å². The summed E-state index contributed by atoms with van der Waals surface area (Å²) in [6.07, 6.45) is 12.7. The maximum absolute atomic E-state index is 16.2. The van der Waals surface area contributed by atoms with Crippen LogP contribution in [0.5, 0.6) is 5.75 Å². The van der Waals surface area contributed by atoms with Gasteiger partial charge in [0, 0.05) is 25.1 Å². The Bertz CT molecular complexity index is 1540. The van der Waals surface area contributed by atoms with Crippen molar-refractivity contribution >= 4 is 22.4 Å². The zero-order valence-corrected chi connectivity index (χ0v) is 28.9. The van der Waals surface area contributed by atoms with E-state index in [-0.39, 0.29) is 28.9 Å². The highest BCUT2D eigenvalue weighted by atomic mass is 19.1. The number of aryl methyl sites for hydroxylation is 1. The Morgan fingerprint density at radius 2 is 1.77 bits per heavy atom. The van der Waals surface area contributed by atoms with Crippen LogP contribution in [0.2, 0.25) is 0 Å². The van der Waals surface area contributed by atoms with Gasteiger partial charge < -0.3 is 15.1 Å². The third-order valence-electron chi connectivity index (χ3n) is 12.4. The number of halogens is 1. The van der Waals surface area contributed by atoms with E-state index in [9.17, 15) is 15.0 Å². The van der Waals surface area contributed by atoms with Crippen molar-refractivity contribution in [3.63, 3.8) is 0 Å². The lowest BCUT2D eigenvalue weighted by Gasteiger charge is -2.54. The van der Waals surface area contributed by atoms with Crippen LogP contribution in [0, 0.1) is 23.2 Å². The lowest BCUT2D eigenvalue weighted by molar-refractivity contribution is -0.116. The Balaban J connectivity index is 1.21. The molecule has 47 heavy (non-hydrogen) atoms. The molecule has 254 valence electrons. The number of carbonyl (C=O) groups excluding carboxylic acids is 1. The molecular formula is C42H56FNO3. The molecule has 2 saturated carbocycles. The maximum atomic E-state index is 16.2. The highest BCUT2D eigenvalue weighted by Gasteiger charge is 2.59. The number of benzene rings is 3. The predicted molar refractivity (Wildman–Crippen MR) is 191 cm³/mol. The molecule has 3 aliphatic carbocycles. The topological polar surface area (TPSA) is 60.8 Å². The molecule has 7 atom stereocenters.